The van der Waals surface area contributed by atoms with E-state index in [0.29, 0.717) is 24.2 Å². The van der Waals surface area contributed by atoms with Gasteiger partial charge in [-0.25, -0.2) is 14.4 Å². The van der Waals surface area contributed by atoms with E-state index in [4.69, 9.17) is 10.5 Å². The third kappa shape index (κ3) is 4.41. The van der Waals surface area contributed by atoms with Crippen LogP contribution in [0.25, 0.3) is 0 Å². The Morgan fingerprint density at radius 3 is 2.79 bits per heavy atom. The summed E-state index contributed by atoms with van der Waals surface area (Å²) in [5.74, 6) is -0.941. The summed E-state index contributed by atoms with van der Waals surface area (Å²) in [5, 5.41) is 0. The Bertz CT molecular complexity index is 903. The quantitative estimate of drug-likeness (QED) is 0.762. The fraction of sp³-hybridized carbons (Fsp3) is 0.316. The van der Waals surface area contributed by atoms with Gasteiger partial charge in [0.05, 0.1) is 18.3 Å². The number of carbonyl (C=O) groups excluding carboxylic acids is 1. The average molecular weight is 393 g/mol. The number of Topliss-reactive ketones (excluding diaryl/α,β-unsaturated/α-hetero) is 1. The van der Waals surface area contributed by atoms with Crippen LogP contribution in [-0.4, -0.2) is 30.0 Å². The molecule has 2 heterocycles. The standard InChI is InChI=1S/C19H18F3N3O3/c1-19(6-7-27-18(23)25-19)13-8-11(2-4-14(13)20)9-16(26)15-5-3-12(10-24-15)28-17(21)22/h2-5,8,10,17H,6-7,9H2,1H3,(H2,23,25)/t19-/m0/s1. The smallest absolute Gasteiger partial charge is 0.387 e. The van der Waals surface area contributed by atoms with Crippen molar-refractivity contribution in [1.29, 1.82) is 0 Å². The molecule has 6 nitrogen and oxygen atoms in total. The van der Waals surface area contributed by atoms with E-state index in [1.54, 1.807) is 13.0 Å². The SMILES string of the molecule is C[C@@]1(c2cc(CC(=O)c3ccc(OC(F)F)cn3)ccc2F)CCOC(N)=N1. The van der Waals surface area contributed by atoms with Gasteiger partial charge in [0.25, 0.3) is 6.02 Å². The fourth-order valence-corrected chi connectivity index (χ4v) is 2.97. The van der Waals surface area contributed by atoms with Crippen molar-refractivity contribution >= 4 is 11.8 Å². The maximum Gasteiger partial charge on any atom is 0.387 e. The molecule has 2 aromatic rings. The Hall–Kier alpha value is -3.10. The lowest BCUT2D eigenvalue weighted by Crippen LogP contribution is -2.34. The summed E-state index contributed by atoms with van der Waals surface area (Å²) in [5.41, 5.74) is 5.70. The summed E-state index contributed by atoms with van der Waals surface area (Å²) in [4.78, 5) is 20.5. The van der Waals surface area contributed by atoms with E-state index in [-0.39, 0.29) is 29.7 Å². The Kier molecular flexibility index (Phi) is 5.53. The van der Waals surface area contributed by atoms with Crippen LogP contribution >= 0.6 is 0 Å². The predicted molar refractivity (Wildman–Crippen MR) is 94.8 cm³/mol. The van der Waals surface area contributed by atoms with Gasteiger partial charge >= 0.3 is 6.61 Å². The number of nitrogens with two attached hydrogens (primary N) is 1. The zero-order chi connectivity index (χ0) is 20.3. The molecule has 0 amide bonds. The summed E-state index contributed by atoms with van der Waals surface area (Å²) < 4.78 is 48.1. The minimum absolute atomic E-state index is 0.00932. The third-order valence-corrected chi connectivity index (χ3v) is 4.42. The first-order valence-electron chi connectivity index (χ1n) is 8.48. The van der Waals surface area contributed by atoms with Gasteiger partial charge < -0.3 is 15.2 Å². The van der Waals surface area contributed by atoms with Crippen molar-refractivity contribution in [3.8, 4) is 5.75 Å². The number of nitrogens with zero attached hydrogens (tertiary/aromatic N) is 2. The first-order chi connectivity index (χ1) is 13.3. The molecule has 9 heteroatoms. The lowest BCUT2D eigenvalue weighted by Gasteiger charge is -2.30. The van der Waals surface area contributed by atoms with Crippen molar-refractivity contribution in [3.05, 3.63) is 59.2 Å². The zero-order valence-electron chi connectivity index (χ0n) is 15.0. The minimum Gasteiger partial charge on any atom is -0.465 e. The average Bonchev–Trinajstić information content (AvgIpc) is 2.63. The summed E-state index contributed by atoms with van der Waals surface area (Å²) in [6.07, 6.45) is 1.45. The number of alkyl halides is 2. The van der Waals surface area contributed by atoms with E-state index >= 15 is 0 Å². The van der Waals surface area contributed by atoms with E-state index in [9.17, 15) is 18.0 Å². The number of aliphatic imine (C=N–C) groups is 1. The van der Waals surface area contributed by atoms with Crippen molar-refractivity contribution in [1.82, 2.24) is 4.98 Å². The van der Waals surface area contributed by atoms with Crippen molar-refractivity contribution in [2.75, 3.05) is 6.61 Å². The van der Waals surface area contributed by atoms with Crippen LogP contribution in [0, 0.1) is 5.82 Å². The molecule has 0 aliphatic carbocycles. The monoisotopic (exact) mass is 393 g/mol. The summed E-state index contributed by atoms with van der Waals surface area (Å²) in [6, 6.07) is 6.88. The number of rotatable bonds is 6. The van der Waals surface area contributed by atoms with Crippen molar-refractivity contribution in [3.63, 3.8) is 0 Å². The number of amidine groups is 1. The minimum atomic E-state index is -2.97. The molecule has 0 saturated heterocycles. The van der Waals surface area contributed by atoms with E-state index in [0.717, 1.165) is 6.20 Å². The predicted octanol–water partition coefficient (Wildman–Crippen LogP) is 3.20. The molecule has 1 aromatic carbocycles. The first kappa shape index (κ1) is 19.7. The lowest BCUT2D eigenvalue weighted by molar-refractivity contribution is -0.0500. The molecule has 0 unspecified atom stereocenters. The number of hydrogen-bond acceptors (Lipinski definition) is 6. The lowest BCUT2D eigenvalue weighted by atomic mass is 9.87. The van der Waals surface area contributed by atoms with Crippen LogP contribution in [0.2, 0.25) is 0 Å². The molecule has 2 N–H and O–H groups in total. The zero-order valence-corrected chi connectivity index (χ0v) is 15.0. The molecule has 0 fully saturated rings. The van der Waals surface area contributed by atoms with Crippen LogP contribution in [-0.2, 0) is 16.7 Å². The van der Waals surface area contributed by atoms with Crippen LogP contribution < -0.4 is 10.5 Å². The second-order valence-corrected chi connectivity index (χ2v) is 6.49. The maximum atomic E-state index is 14.4. The fourth-order valence-electron chi connectivity index (χ4n) is 2.97. The molecule has 1 aromatic heterocycles. The largest absolute Gasteiger partial charge is 0.465 e. The van der Waals surface area contributed by atoms with Crippen molar-refractivity contribution in [2.24, 2.45) is 10.7 Å². The van der Waals surface area contributed by atoms with E-state index in [1.165, 1.54) is 24.3 Å². The highest BCUT2D eigenvalue weighted by atomic mass is 19.3. The number of pyridine rings is 1. The molecule has 28 heavy (non-hydrogen) atoms. The number of hydrogen-bond donors (Lipinski definition) is 1. The van der Waals surface area contributed by atoms with Gasteiger partial charge in [0.15, 0.2) is 5.78 Å². The third-order valence-electron chi connectivity index (χ3n) is 4.42. The number of aromatic nitrogens is 1. The second-order valence-electron chi connectivity index (χ2n) is 6.49. The molecule has 1 aliphatic rings. The highest BCUT2D eigenvalue weighted by Crippen LogP contribution is 2.34. The highest BCUT2D eigenvalue weighted by Gasteiger charge is 2.33. The van der Waals surface area contributed by atoms with Crippen LogP contribution in [0.4, 0.5) is 13.2 Å². The topological polar surface area (TPSA) is 86.8 Å². The molecule has 0 bridgehead atoms. The van der Waals surface area contributed by atoms with Gasteiger partial charge in [-0.05, 0) is 36.8 Å². The number of carbonyl (C=O) groups is 1. The Balaban J connectivity index is 1.79. The molecule has 0 radical (unpaired) electrons. The molecule has 0 spiro atoms. The van der Waals surface area contributed by atoms with E-state index < -0.39 is 18.0 Å². The number of benzene rings is 1. The van der Waals surface area contributed by atoms with Crippen LogP contribution in [0.3, 0.4) is 0 Å². The van der Waals surface area contributed by atoms with E-state index in [1.807, 2.05) is 0 Å². The molecular weight excluding hydrogens is 375 g/mol. The van der Waals surface area contributed by atoms with E-state index in [2.05, 4.69) is 14.7 Å². The molecule has 0 saturated carbocycles. The van der Waals surface area contributed by atoms with Gasteiger partial charge in [0, 0.05) is 18.4 Å². The van der Waals surface area contributed by atoms with Gasteiger partial charge in [0.2, 0.25) is 0 Å². The summed E-state index contributed by atoms with van der Waals surface area (Å²) in [6.45, 7) is -0.912. The van der Waals surface area contributed by atoms with Gasteiger partial charge in [-0.3, -0.25) is 4.79 Å². The second kappa shape index (κ2) is 7.87. The van der Waals surface area contributed by atoms with Crippen molar-refractivity contribution < 1.29 is 27.4 Å². The van der Waals surface area contributed by atoms with Crippen LogP contribution in [0.15, 0.2) is 41.5 Å². The Morgan fingerprint density at radius 1 is 1.36 bits per heavy atom. The number of ether oxygens (including phenoxy) is 2. The van der Waals surface area contributed by atoms with Crippen LogP contribution in [0.1, 0.15) is 35.0 Å². The Morgan fingerprint density at radius 2 is 2.14 bits per heavy atom. The van der Waals surface area contributed by atoms with Gasteiger partial charge in [0.1, 0.15) is 17.3 Å². The van der Waals surface area contributed by atoms with Gasteiger partial charge in [-0.15, -0.1) is 0 Å². The highest BCUT2D eigenvalue weighted by molar-refractivity contribution is 5.95. The maximum absolute atomic E-state index is 14.4. The summed E-state index contributed by atoms with van der Waals surface area (Å²) >= 11 is 0. The molecular formula is C19H18F3N3O3. The first-order valence-corrected chi connectivity index (χ1v) is 8.48. The molecule has 1 aliphatic heterocycles. The molecule has 3 rings (SSSR count). The van der Waals surface area contributed by atoms with Gasteiger partial charge in [-0.2, -0.15) is 8.78 Å². The molecule has 148 valence electrons. The summed E-state index contributed by atoms with van der Waals surface area (Å²) in [7, 11) is 0. The normalized spacial score (nSPS) is 19.1. The van der Waals surface area contributed by atoms with Crippen molar-refractivity contribution in [2.45, 2.75) is 31.9 Å². The number of ketones is 1. The number of halogens is 3. The Labute approximate surface area is 159 Å². The van der Waals surface area contributed by atoms with Gasteiger partial charge in [-0.1, -0.05) is 6.07 Å². The van der Waals surface area contributed by atoms with Crippen LogP contribution in [0.5, 0.6) is 5.75 Å². The molecule has 1 atom stereocenters.